The van der Waals surface area contributed by atoms with Crippen LogP contribution >= 0.6 is 12.2 Å². The number of allylic oxidation sites excluding steroid dienone is 1. The van der Waals surface area contributed by atoms with E-state index < -0.39 is 0 Å². The van der Waals surface area contributed by atoms with Gasteiger partial charge in [-0.05, 0) is 74.3 Å². The van der Waals surface area contributed by atoms with E-state index in [0.29, 0.717) is 30.0 Å². The second kappa shape index (κ2) is 11.5. The average molecular weight is 493 g/mol. The first-order valence-electron chi connectivity index (χ1n) is 12.0. The van der Waals surface area contributed by atoms with E-state index in [1.807, 2.05) is 31.2 Å². The fraction of sp³-hybridized carbons (Fsp3) is 0.370. The first-order valence-corrected chi connectivity index (χ1v) is 12.4. The van der Waals surface area contributed by atoms with E-state index in [1.54, 1.807) is 7.11 Å². The Morgan fingerprint density at radius 1 is 1.09 bits per heavy atom. The van der Waals surface area contributed by atoms with Gasteiger partial charge in [-0.3, -0.25) is 0 Å². The molecule has 0 fully saturated rings. The predicted octanol–water partition coefficient (Wildman–Crippen LogP) is 5.40. The first-order chi connectivity index (χ1) is 17.0. The highest BCUT2D eigenvalue weighted by atomic mass is 32.1. The highest BCUT2D eigenvalue weighted by Crippen LogP contribution is 2.37. The number of nitrogens with one attached hydrogen (secondary N) is 1. The van der Waals surface area contributed by atoms with Crippen LogP contribution in [0.15, 0.2) is 58.8 Å². The molecule has 1 aliphatic heterocycles. The monoisotopic (exact) mass is 492 g/mol. The summed E-state index contributed by atoms with van der Waals surface area (Å²) in [7, 11) is 1.64. The minimum absolute atomic E-state index is 0.194. The Hall–Kier alpha value is -3.23. The highest BCUT2D eigenvalue weighted by molar-refractivity contribution is 7.80. The van der Waals surface area contributed by atoms with Gasteiger partial charge in [-0.25, -0.2) is 0 Å². The van der Waals surface area contributed by atoms with Gasteiger partial charge in [0.05, 0.1) is 18.7 Å². The number of rotatable bonds is 10. The van der Waals surface area contributed by atoms with Crippen molar-refractivity contribution in [1.29, 1.82) is 0 Å². The summed E-state index contributed by atoms with van der Waals surface area (Å²) < 4.78 is 16.6. The van der Waals surface area contributed by atoms with Crippen molar-refractivity contribution >= 4 is 22.9 Å². The summed E-state index contributed by atoms with van der Waals surface area (Å²) >= 11 is 5.78. The maximum atomic E-state index is 5.82. The zero-order chi connectivity index (χ0) is 24.8. The lowest BCUT2D eigenvalue weighted by Crippen LogP contribution is -2.46. The van der Waals surface area contributed by atoms with Gasteiger partial charge in [-0.2, -0.15) is 4.98 Å². The average Bonchev–Trinajstić information content (AvgIpc) is 3.37. The summed E-state index contributed by atoms with van der Waals surface area (Å²) in [5.74, 6) is 1.78. The molecule has 35 heavy (non-hydrogen) atoms. The van der Waals surface area contributed by atoms with E-state index in [2.05, 4.69) is 53.5 Å². The molecule has 1 atom stereocenters. The lowest BCUT2D eigenvalue weighted by molar-refractivity contribution is 0.141. The van der Waals surface area contributed by atoms with E-state index in [1.165, 1.54) is 5.56 Å². The largest absolute Gasteiger partial charge is 0.497 e. The third-order valence-corrected chi connectivity index (χ3v) is 6.54. The molecule has 0 saturated heterocycles. The summed E-state index contributed by atoms with van der Waals surface area (Å²) in [6.07, 6.45) is 1.85. The van der Waals surface area contributed by atoms with Crippen LogP contribution in [-0.2, 0) is 11.2 Å². The number of benzene rings is 2. The van der Waals surface area contributed by atoms with Crippen molar-refractivity contribution in [3.05, 3.63) is 71.2 Å². The molecule has 3 aromatic rings. The van der Waals surface area contributed by atoms with Crippen LogP contribution in [0.4, 0.5) is 0 Å². The summed E-state index contributed by atoms with van der Waals surface area (Å²) in [6, 6.07) is 16.0. The normalized spacial score (nSPS) is 15.9. The highest BCUT2D eigenvalue weighted by Gasteiger charge is 2.33. The maximum absolute atomic E-state index is 5.82. The molecule has 0 radical (unpaired) electrons. The predicted molar refractivity (Wildman–Crippen MR) is 141 cm³/mol. The van der Waals surface area contributed by atoms with Crippen LogP contribution < -0.4 is 10.1 Å². The van der Waals surface area contributed by atoms with Gasteiger partial charge < -0.3 is 24.2 Å². The Balaban J connectivity index is 1.71. The first kappa shape index (κ1) is 24.9. The SMILES string of the molecule is CCOCCCN1C(=S)NC(c2ccc(CC)cc2)C(c2nc(-c3ccc(OC)cc3)no2)=C1C. The zero-order valence-corrected chi connectivity index (χ0v) is 21.5. The molecule has 0 spiro atoms. The third kappa shape index (κ3) is 5.55. The van der Waals surface area contributed by atoms with Crippen LogP contribution in [0.2, 0.25) is 0 Å². The Morgan fingerprint density at radius 2 is 1.83 bits per heavy atom. The smallest absolute Gasteiger partial charge is 0.258 e. The summed E-state index contributed by atoms with van der Waals surface area (Å²) in [5, 5.41) is 8.48. The molecule has 8 heteroatoms. The number of hydrogen-bond acceptors (Lipinski definition) is 6. The number of thiocarbonyl (C=S) groups is 1. The van der Waals surface area contributed by atoms with Crippen LogP contribution in [0, 0.1) is 0 Å². The van der Waals surface area contributed by atoms with Gasteiger partial charge in [0.15, 0.2) is 5.11 Å². The van der Waals surface area contributed by atoms with E-state index in [0.717, 1.165) is 47.5 Å². The molecule has 0 amide bonds. The number of hydrogen-bond donors (Lipinski definition) is 1. The fourth-order valence-electron chi connectivity index (χ4n) is 4.18. The molecular formula is C27H32N4O3S. The third-order valence-electron chi connectivity index (χ3n) is 6.20. The molecule has 4 rings (SSSR count). The van der Waals surface area contributed by atoms with E-state index >= 15 is 0 Å². The molecule has 1 unspecified atom stereocenters. The number of methoxy groups -OCH3 is 1. The second-order valence-corrected chi connectivity index (χ2v) is 8.72. The van der Waals surface area contributed by atoms with Gasteiger partial charge in [0.2, 0.25) is 5.82 Å². The van der Waals surface area contributed by atoms with E-state index in [-0.39, 0.29) is 6.04 Å². The number of ether oxygens (including phenoxy) is 2. The van der Waals surface area contributed by atoms with Gasteiger partial charge in [0.1, 0.15) is 5.75 Å². The molecular weight excluding hydrogens is 460 g/mol. The van der Waals surface area contributed by atoms with Crippen molar-refractivity contribution in [2.75, 3.05) is 26.9 Å². The minimum Gasteiger partial charge on any atom is -0.497 e. The van der Waals surface area contributed by atoms with Crippen LogP contribution in [-0.4, -0.2) is 47.0 Å². The lowest BCUT2D eigenvalue weighted by atomic mass is 9.94. The van der Waals surface area contributed by atoms with Crippen molar-refractivity contribution in [2.24, 2.45) is 0 Å². The molecule has 1 aromatic heterocycles. The molecule has 2 aromatic carbocycles. The minimum atomic E-state index is -0.194. The maximum Gasteiger partial charge on any atom is 0.258 e. The molecule has 184 valence electrons. The molecule has 0 saturated carbocycles. The summed E-state index contributed by atoms with van der Waals surface area (Å²) in [4.78, 5) is 6.87. The molecule has 2 heterocycles. The standard InChI is InChI=1S/C27H32N4O3S/c1-5-19-8-10-20(11-9-19)24-23(18(3)31(27(35)28-24)16-7-17-33-6-2)26-29-25(30-34-26)21-12-14-22(32-4)15-13-21/h8-15,24H,5-7,16-17H2,1-4H3,(H,28,35). The zero-order valence-electron chi connectivity index (χ0n) is 20.7. The Kier molecular flexibility index (Phi) is 8.15. The van der Waals surface area contributed by atoms with E-state index in [9.17, 15) is 0 Å². The van der Waals surface area contributed by atoms with Crippen LogP contribution in [0.3, 0.4) is 0 Å². The molecule has 1 N–H and O–H groups in total. The van der Waals surface area contributed by atoms with Crippen molar-refractivity contribution in [3.8, 4) is 17.1 Å². The van der Waals surface area contributed by atoms with E-state index in [4.69, 9.17) is 31.2 Å². The summed E-state index contributed by atoms with van der Waals surface area (Å²) in [5.41, 5.74) is 5.16. The van der Waals surface area contributed by atoms with Gasteiger partial charge >= 0.3 is 0 Å². The lowest BCUT2D eigenvalue weighted by Gasteiger charge is -2.37. The Bertz CT molecular complexity index is 1170. The van der Waals surface area contributed by atoms with Crippen LogP contribution in [0.1, 0.15) is 50.3 Å². The van der Waals surface area contributed by atoms with Crippen LogP contribution in [0.5, 0.6) is 5.75 Å². The number of nitrogens with zero attached hydrogens (tertiary/aromatic N) is 3. The number of aromatic nitrogens is 2. The van der Waals surface area contributed by atoms with Gasteiger partial charge in [-0.1, -0.05) is 36.3 Å². The topological polar surface area (TPSA) is 72.7 Å². The van der Waals surface area contributed by atoms with Crippen molar-refractivity contribution in [1.82, 2.24) is 20.4 Å². The quantitative estimate of drug-likeness (QED) is 0.298. The fourth-order valence-corrected chi connectivity index (χ4v) is 4.53. The van der Waals surface area contributed by atoms with Crippen molar-refractivity contribution in [2.45, 2.75) is 39.7 Å². The molecule has 1 aliphatic rings. The molecule has 7 nitrogen and oxygen atoms in total. The van der Waals surface area contributed by atoms with Crippen molar-refractivity contribution < 1.29 is 14.0 Å². The second-order valence-electron chi connectivity index (χ2n) is 8.33. The molecule has 0 bridgehead atoms. The molecule has 0 aliphatic carbocycles. The van der Waals surface area contributed by atoms with Crippen LogP contribution in [0.25, 0.3) is 17.0 Å². The van der Waals surface area contributed by atoms with Gasteiger partial charge in [-0.15, -0.1) is 0 Å². The Morgan fingerprint density at radius 3 is 2.49 bits per heavy atom. The number of aryl methyl sites for hydroxylation is 1. The Labute approximate surface area is 212 Å². The van der Waals surface area contributed by atoms with Crippen molar-refractivity contribution in [3.63, 3.8) is 0 Å². The van der Waals surface area contributed by atoms with Gasteiger partial charge in [0, 0.05) is 31.0 Å². The van der Waals surface area contributed by atoms with Gasteiger partial charge in [0.25, 0.3) is 5.89 Å². The summed E-state index contributed by atoms with van der Waals surface area (Å²) in [6.45, 7) is 8.34.